The average Bonchev–Trinajstić information content (AvgIpc) is 2.86. The first-order valence-electron chi connectivity index (χ1n) is 4.88. The largest absolute Gasteiger partial charge is 0.461 e. The summed E-state index contributed by atoms with van der Waals surface area (Å²) >= 11 is 0. The standard InChI is InChI=1S/C9H11N5O2/c1-2-10-8(15)6-14-12-9(11-13-14)7-4-3-5-16-7/h3-5H,2,6H2,1H3,(H,10,15). The quantitative estimate of drug-likeness (QED) is 0.789. The van der Waals surface area contributed by atoms with Gasteiger partial charge in [0.05, 0.1) is 6.26 Å². The number of rotatable bonds is 4. The van der Waals surface area contributed by atoms with Gasteiger partial charge in [-0.15, -0.1) is 10.2 Å². The van der Waals surface area contributed by atoms with E-state index >= 15 is 0 Å². The number of hydrogen-bond acceptors (Lipinski definition) is 5. The minimum atomic E-state index is -0.147. The van der Waals surface area contributed by atoms with Gasteiger partial charge in [-0.3, -0.25) is 4.79 Å². The Balaban J connectivity index is 2.06. The van der Waals surface area contributed by atoms with Crippen molar-refractivity contribution in [3.63, 3.8) is 0 Å². The van der Waals surface area contributed by atoms with E-state index in [9.17, 15) is 4.79 Å². The van der Waals surface area contributed by atoms with Crippen molar-refractivity contribution in [3.8, 4) is 11.6 Å². The van der Waals surface area contributed by atoms with Crippen molar-refractivity contribution in [2.24, 2.45) is 0 Å². The minimum absolute atomic E-state index is 0.0571. The molecule has 0 saturated heterocycles. The Kier molecular flexibility index (Phi) is 2.95. The summed E-state index contributed by atoms with van der Waals surface area (Å²) in [5, 5.41) is 14.2. The molecule has 0 bridgehead atoms. The number of likely N-dealkylation sites (N-methyl/N-ethyl adjacent to an activating group) is 1. The van der Waals surface area contributed by atoms with E-state index in [-0.39, 0.29) is 12.5 Å². The molecular weight excluding hydrogens is 210 g/mol. The molecule has 0 atom stereocenters. The summed E-state index contributed by atoms with van der Waals surface area (Å²) in [6.07, 6.45) is 1.53. The van der Waals surface area contributed by atoms with Crippen molar-refractivity contribution >= 4 is 5.91 Å². The van der Waals surface area contributed by atoms with Crippen LogP contribution in [-0.2, 0) is 11.3 Å². The molecule has 84 valence electrons. The number of amides is 1. The van der Waals surface area contributed by atoms with Crippen molar-refractivity contribution < 1.29 is 9.21 Å². The molecule has 2 aromatic rings. The molecule has 1 N–H and O–H groups in total. The summed E-state index contributed by atoms with van der Waals surface area (Å²) in [7, 11) is 0. The number of carbonyl (C=O) groups is 1. The molecule has 0 aliphatic carbocycles. The lowest BCUT2D eigenvalue weighted by Gasteiger charge is -1.98. The van der Waals surface area contributed by atoms with Gasteiger partial charge in [0.2, 0.25) is 11.7 Å². The monoisotopic (exact) mass is 221 g/mol. The second-order valence-electron chi connectivity index (χ2n) is 3.07. The molecule has 2 rings (SSSR count). The van der Waals surface area contributed by atoms with E-state index < -0.39 is 0 Å². The first-order valence-corrected chi connectivity index (χ1v) is 4.88. The molecule has 7 nitrogen and oxygen atoms in total. The van der Waals surface area contributed by atoms with Crippen LogP contribution in [0.25, 0.3) is 11.6 Å². The summed E-state index contributed by atoms with van der Waals surface area (Å²) in [5.41, 5.74) is 0. The highest BCUT2D eigenvalue weighted by atomic mass is 16.3. The highest BCUT2D eigenvalue weighted by Crippen LogP contribution is 2.12. The Bertz CT molecular complexity index is 462. The van der Waals surface area contributed by atoms with Gasteiger partial charge in [0, 0.05) is 6.54 Å². The van der Waals surface area contributed by atoms with E-state index in [4.69, 9.17) is 4.42 Å². The molecule has 0 aliphatic heterocycles. The highest BCUT2D eigenvalue weighted by molar-refractivity contribution is 5.75. The van der Waals surface area contributed by atoms with Crippen molar-refractivity contribution in [1.29, 1.82) is 0 Å². The molecule has 0 aliphatic rings. The van der Waals surface area contributed by atoms with Gasteiger partial charge in [0.15, 0.2) is 5.76 Å². The van der Waals surface area contributed by atoms with Crippen LogP contribution in [0.15, 0.2) is 22.8 Å². The zero-order chi connectivity index (χ0) is 11.4. The second kappa shape index (κ2) is 4.56. The molecule has 1 amide bonds. The van der Waals surface area contributed by atoms with Crippen LogP contribution in [0.3, 0.4) is 0 Å². The van der Waals surface area contributed by atoms with Crippen LogP contribution in [0, 0.1) is 0 Å². The van der Waals surface area contributed by atoms with Crippen molar-refractivity contribution in [1.82, 2.24) is 25.5 Å². The molecule has 0 radical (unpaired) electrons. The lowest BCUT2D eigenvalue weighted by molar-refractivity contribution is -0.121. The van der Waals surface area contributed by atoms with Crippen molar-refractivity contribution in [2.45, 2.75) is 13.5 Å². The third-order valence-electron chi connectivity index (χ3n) is 1.85. The van der Waals surface area contributed by atoms with Gasteiger partial charge in [-0.2, -0.15) is 4.80 Å². The van der Waals surface area contributed by atoms with E-state index in [2.05, 4.69) is 20.7 Å². The first kappa shape index (κ1) is 10.3. The van der Waals surface area contributed by atoms with Crippen molar-refractivity contribution in [3.05, 3.63) is 18.4 Å². The molecule has 0 spiro atoms. The smallest absolute Gasteiger partial charge is 0.243 e. The van der Waals surface area contributed by atoms with Gasteiger partial charge in [-0.05, 0) is 24.3 Å². The van der Waals surface area contributed by atoms with Gasteiger partial charge in [0.25, 0.3) is 0 Å². The predicted molar refractivity (Wildman–Crippen MR) is 54.2 cm³/mol. The summed E-state index contributed by atoms with van der Waals surface area (Å²) in [5.74, 6) is 0.752. The van der Waals surface area contributed by atoms with Gasteiger partial charge >= 0.3 is 0 Å². The van der Waals surface area contributed by atoms with Gasteiger partial charge in [0.1, 0.15) is 6.54 Å². The maximum Gasteiger partial charge on any atom is 0.243 e. The summed E-state index contributed by atoms with van der Waals surface area (Å²) in [6.45, 7) is 2.49. The second-order valence-corrected chi connectivity index (χ2v) is 3.07. The highest BCUT2D eigenvalue weighted by Gasteiger charge is 2.10. The fourth-order valence-corrected chi connectivity index (χ4v) is 1.20. The molecule has 0 unspecified atom stereocenters. The van der Waals surface area contributed by atoms with E-state index in [0.717, 1.165) is 0 Å². The van der Waals surface area contributed by atoms with Crippen LogP contribution in [0.5, 0.6) is 0 Å². The Hall–Kier alpha value is -2.18. The number of nitrogens with zero attached hydrogens (tertiary/aromatic N) is 4. The molecule has 0 aromatic carbocycles. The number of nitrogens with one attached hydrogen (secondary N) is 1. The Labute approximate surface area is 91.4 Å². The number of hydrogen-bond donors (Lipinski definition) is 1. The van der Waals surface area contributed by atoms with E-state index in [1.807, 2.05) is 6.92 Å². The third kappa shape index (κ3) is 2.25. The van der Waals surface area contributed by atoms with Crippen LogP contribution in [0.4, 0.5) is 0 Å². The fraction of sp³-hybridized carbons (Fsp3) is 0.333. The maximum absolute atomic E-state index is 11.2. The topological polar surface area (TPSA) is 85.8 Å². The number of furan rings is 1. The van der Waals surface area contributed by atoms with Crippen LogP contribution in [-0.4, -0.2) is 32.7 Å². The molecule has 0 saturated carbocycles. The summed E-state index contributed by atoms with van der Waals surface area (Å²) < 4.78 is 5.11. The van der Waals surface area contributed by atoms with Gasteiger partial charge in [-0.1, -0.05) is 0 Å². The van der Waals surface area contributed by atoms with Crippen LogP contribution in [0.1, 0.15) is 6.92 Å². The Morgan fingerprint density at radius 1 is 1.62 bits per heavy atom. The first-order chi connectivity index (χ1) is 7.79. The van der Waals surface area contributed by atoms with Crippen LogP contribution >= 0.6 is 0 Å². The predicted octanol–water partition coefficient (Wildman–Crippen LogP) is 0.0692. The number of carbonyl (C=O) groups excluding carboxylic acids is 1. The van der Waals surface area contributed by atoms with Gasteiger partial charge in [-0.25, -0.2) is 0 Å². The van der Waals surface area contributed by atoms with E-state index in [1.54, 1.807) is 12.1 Å². The molecular formula is C9H11N5O2. The summed E-state index contributed by atoms with van der Waals surface area (Å²) in [4.78, 5) is 12.5. The fourth-order valence-electron chi connectivity index (χ4n) is 1.20. The third-order valence-corrected chi connectivity index (χ3v) is 1.85. The van der Waals surface area contributed by atoms with Crippen molar-refractivity contribution in [2.75, 3.05) is 6.54 Å². The molecule has 2 heterocycles. The lowest BCUT2D eigenvalue weighted by Crippen LogP contribution is -2.28. The average molecular weight is 221 g/mol. The van der Waals surface area contributed by atoms with E-state index in [1.165, 1.54) is 11.1 Å². The zero-order valence-electron chi connectivity index (χ0n) is 8.75. The lowest BCUT2D eigenvalue weighted by atomic mass is 10.4. The maximum atomic E-state index is 11.2. The molecule has 7 heteroatoms. The Morgan fingerprint density at radius 3 is 3.19 bits per heavy atom. The minimum Gasteiger partial charge on any atom is -0.461 e. The number of aromatic nitrogens is 4. The zero-order valence-corrected chi connectivity index (χ0v) is 8.75. The molecule has 0 fully saturated rings. The Morgan fingerprint density at radius 2 is 2.50 bits per heavy atom. The SMILES string of the molecule is CCNC(=O)Cn1nnc(-c2ccco2)n1. The molecule has 2 aromatic heterocycles. The van der Waals surface area contributed by atoms with Gasteiger partial charge < -0.3 is 9.73 Å². The van der Waals surface area contributed by atoms with Crippen LogP contribution < -0.4 is 5.32 Å². The summed E-state index contributed by atoms with van der Waals surface area (Å²) in [6, 6.07) is 3.47. The van der Waals surface area contributed by atoms with E-state index in [0.29, 0.717) is 18.1 Å². The number of tetrazole rings is 1. The normalized spacial score (nSPS) is 10.3. The molecule has 16 heavy (non-hydrogen) atoms. The van der Waals surface area contributed by atoms with Crippen LogP contribution in [0.2, 0.25) is 0 Å².